The summed E-state index contributed by atoms with van der Waals surface area (Å²) in [6.07, 6.45) is 2.02. The molecular weight excluding hydrogens is 354 g/mol. The van der Waals surface area contributed by atoms with E-state index in [1.807, 2.05) is 0 Å². The predicted octanol–water partition coefficient (Wildman–Crippen LogP) is -0.181. The van der Waals surface area contributed by atoms with Crippen LogP contribution in [0.5, 0.6) is 0 Å². The van der Waals surface area contributed by atoms with Crippen molar-refractivity contribution in [1.29, 1.82) is 0 Å². The van der Waals surface area contributed by atoms with E-state index in [0.29, 0.717) is 10.4 Å². The van der Waals surface area contributed by atoms with Crippen molar-refractivity contribution < 1.29 is 4.79 Å². The number of aromatic nitrogens is 4. The molecular formula is C13H16BrN5O3. The van der Waals surface area contributed by atoms with E-state index < -0.39 is 11.2 Å². The second-order valence-electron chi connectivity index (χ2n) is 5.43. The molecule has 8 nitrogen and oxygen atoms in total. The molecule has 3 rings (SSSR count). The average molecular weight is 370 g/mol. The van der Waals surface area contributed by atoms with Crippen LogP contribution in [0.4, 0.5) is 0 Å². The normalized spacial score (nSPS) is 15.0. The van der Waals surface area contributed by atoms with E-state index in [2.05, 4.69) is 20.9 Å². The lowest BCUT2D eigenvalue weighted by Gasteiger charge is -2.16. The molecule has 0 radical (unpaired) electrons. The van der Waals surface area contributed by atoms with Gasteiger partial charge in [-0.15, -0.1) is 0 Å². The number of aryl methyl sites for hydroxylation is 1. The summed E-state index contributed by atoms with van der Waals surface area (Å²) >= 11 is 3.28. The van der Waals surface area contributed by atoms with Crippen molar-refractivity contribution in [3.8, 4) is 0 Å². The highest BCUT2D eigenvalue weighted by Crippen LogP contribution is 2.17. The highest BCUT2D eigenvalue weighted by molar-refractivity contribution is 9.10. The van der Waals surface area contributed by atoms with Crippen LogP contribution in [0.15, 0.2) is 14.3 Å². The van der Waals surface area contributed by atoms with E-state index in [0.717, 1.165) is 30.5 Å². The molecule has 0 N–H and O–H groups in total. The fourth-order valence-electron chi connectivity index (χ4n) is 2.80. The zero-order valence-corrected chi connectivity index (χ0v) is 14.0. The number of imidazole rings is 1. The van der Waals surface area contributed by atoms with Gasteiger partial charge in [-0.25, -0.2) is 9.78 Å². The van der Waals surface area contributed by atoms with Crippen LogP contribution in [0.3, 0.4) is 0 Å². The quantitative estimate of drug-likeness (QED) is 0.687. The summed E-state index contributed by atoms with van der Waals surface area (Å²) in [6, 6.07) is 0. The zero-order chi connectivity index (χ0) is 16.0. The molecule has 1 aliphatic rings. The van der Waals surface area contributed by atoms with E-state index in [-0.39, 0.29) is 18.0 Å². The van der Waals surface area contributed by atoms with Gasteiger partial charge in [-0.2, -0.15) is 0 Å². The Hall–Kier alpha value is -1.90. The topological polar surface area (TPSA) is 82.1 Å². The molecule has 118 valence electrons. The van der Waals surface area contributed by atoms with Crippen molar-refractivity contribution >= 4 is 33.0 Å². The standard InChI is InChI=1S/C13H16BrN5O3/c1-16-10-9(11(21)17(2)13(16)22)15-12(14)19(10)7-8(20)18-5-3-4-6-18/h3-7H2,1-2H3. The van der Waals surface area contributed by atoms with E-state index >= 15 is 0 Å². The first-order chi connectivity index (χ1) is 10.4. The fraction of sp³-hybridized carbons (Fsp3) is 0.538. The molecule has 1 aliphatic heterocycles. The van der Waals surface area contributed by atoms with E-state index in [9.17, 15) is 14.4 Å². The van der Waals surface area contributed by atoms with Crippen LogP contribution in [-0.4, -0.2) is 42.6 Å². The van der Waals surface area contributed by atoms with Gasteiger partial charge in [0.15, 0.2) is 15.9 Å². The molecule has 0 saturated carbocycles. The van der Waals surface area contributed by atoms with Crippen LogP contribution in [0.1, 0.15) is 12.8 Å². The van der Waals surface area contributed by atoms with Crippen molar-refractivity contribution in [2.24, 2.45) is 14.1 Å². The lowest BCUT2D eigenvalue weighted by atomic mass is 10.4. The lowest BCUT2D eigenvalue weighted by molar-refractivity contribution is -0.130. The van der Waals surface area contributed by atoms with E-state index in [1.54, 1.807) is 16.5 Å². The molecule has 0 atom stereocenters. The van der Waals surface area contributed by atoms with E-state index in [1.165, 1.54) is 11.6 Å². The fourth-order valence-corrected chi connectivity index (χ4v) is 3.28. The maximum absolute atomic E-state index is 12.3. The molecule has 0 aliphatic carbocycles. The SMILES string of the molecule is Cn1c(=O)c2nc(Br)n(CC(=O)N3CCCC3)c2n(C)c1=O. The van der Waals surface area contributed by atoms with Crippen LogP contribution in [0.2, 0.25) is 0 Å². The zero-order valence-electron chi connectivity index (χ0n) is 12.4. The summed E-state index contributed by atoms with van der Waals surface area (Å²) in [7, 11) is 2.97. The maximum Gasteiger partial charge on any atom is 0.332 e. The van der Waals surface area contributed by atoms with Gasteiger partial charge in [-0.05, 0) is 28.8 Å². The first-order valence-corrected chi connectivity index (χ1v) is 7.80. The predicted molar refractivity (Wildman–Crippen MR) is 83.7 cm³/mol. The smallest absolute Gasteiger partial charge is 0.332 e. The molecule has 0 bridgehead atoms. The Labute approximate surface area is 134 Å². The third-order valence-electron chi connectivity index (χ3n) is 4.05. The third kappa shape index (κ3) is 2.20. The summed E-state index contributed by atoms with van der Waals surface area (Å²) < 4.78 is 4.28. The van der Waals surface area contributed by atoms with Gasteiger partial charge in [0.1, 0.15) is 6.54 Å². The largest absolute Gasteiger partial charge is 0.341 e. The first kappa shape index (κ1) is 15.0. The second-order valence-corrected chi connectivity index (χ2v) is 6.14. The molecule has 1 saturated heterocycles. The van der Waals surface area contributed by atoms with Crippen molar-refractivity contribution in [3.05, 3.63) is 25.6 Å². The van der Waals surface area contributed by atoms with Crippen LogP contribution in [0.25, 0.3) is 11.2 Å². The van der Waals surface area contributed by atoms with Crippen molar-refractivity contribution in [2.45, 2.75) is 19.4 Å². The number of halogens is 1. The third-order valence-corrected chi connectivity index (χ3v) is 4.65. The van der Waals surface area contributed by atoms with Gasteiger partial charge in [-0.1, -0.05) is 0 Å². The Balaban J connectivity index is 2.14. The number of rotatable bonds is 2. The van der Waals surface area contributed by atoms with Crippen LogP contribution >= 0.6 is 15.9 Å². The van der Waals surface area contributed by atoms with Gasteiger partial charge in [0, 0.05) is 27.2 Å². The minimum Gasteiger partial charge on any atom is -0.341 e. The van der Waals surface area contributed by atoms with Gasteiger partial charge < -0.3 is 4.90 Å². The van der Waals surface area contributed by atoms with Gasteiger partial charge >= 0.3 is 5.69 Å². The highest BCUT2D eigenvalue weighted by atomic mass is 79.9. The first-order valence-electron chi connectivity index (χ1n) is 7.01. The Morgan fingerprint density at radius 1 is 1.18 bits per heavy atom. The molecule has 9 heteroatoms. The number of nitrogens with zero attached hydrogens (tertiary/aromatic N) is 5. The Morgan fingerprint density at radius 2 is 1.82 bits per heavy atom. The van der Waals surface area contributed by atoms with Gasteiger partial charge in [0.25, 0.3) is 5.56 Å². The highest BCUT2D eigenvalue weighted by Gasteiger charge is 2.23. The number of hydrogen-bond acceptors (Lipinski definition) is 4. The number of carbonyl (C=O) groups excluding carboxylic acids is 1. The van der Waals surface area contributed by atoms with Gasteiger partial charge in [0.2, 0.25) is 5.91 Å². The molecule has 3 heterocycles. The minimum absolute atomic E-state index is 0.0365. The van der Waals surface area contributed by atoms with Crippen molar-refractivity contribution in [3.63, 3.8) is 0 Å². The lowest BCUT2D eigenvalue weighted by Crippen LogP contribution is -2.38. The molecule has 22 heavy (non-hydrogen) atoms. The van der Waals surface area contributed by atoms with Crippen LogP contribution < -0.4 is 11.2 Å². The summed E-state index contributed by atoms with van der Waals surface area (Å²) in [5.74, 6) is -0.0365. The van der Waals surface area contributed by atoms with Crippen molar-refractivity contribution in [2.75, 3.05) is 13.1 Å². The molecule has 2 aromatic rings. The minimum atomic E-state index is -0.467. The summed E-state index contributed by atoms with van der Waals surface area (Å²) in [5, 5.41) is 0. The molecule has 0 unspecified atom stereocenters. The second kappa shape index (κ2) is 5.38. The van der Waals surface area contributed by atoms with E-state index in [4.69, 9.17) is 0 Å². The number of carbonyl (C=O) groups is 1. The Morgan fingerprint density at radius 3 is 2.45 bits per heavy atom. The Bertz CT molecular complexity index is 872. The monoisotopic (exact) mass is 369 g/mol. The molecule has 0 aromatic carbocycles. The van der Waals surface area contributed by atoms with Crippen LogP contribution in [0, 0.1) is 0 Å². The van der Waals surface area contributed by atoms with Gasteiger partial charge in [-0.3, -0.25) is 23.3 Å². The summed E-state index contributed by atoms with van der Waals surface area (Å²) in [4.78, 5) is 42.5. The van der Waals surface area contributed by atoms with Crippen LogP contribution in [-0.2, 0) is 25.4 Å². The molecule has 0 spiro atoms. The number of amides is 1. The number of likely N-dealkylation sites (tertiary alicyclic amines) is 1. The Kier molecular flexibility index (Phi) is 3.67. The molecule has 1 fully saturated rings. The van der Waals surface area contributed by atoms with Crippen molar-refractivity contribution in [1.82, 2.24) is 23.6 Å². The summed E-state index contributed by atoms with van der Waals surface area (Å²) in [6.45, 7) is 1.56. The molecule has 2 aromatic heterocycles. The summed E-state index contributed by atoms with van der Waals surface area (Å²) in [5.41, 5.74) is -0.385. The van der Waals surface area contributed by atoms with Gasteiger partial charge in [0.05, 0.1) is 0 Å². The number of fused-ring (bicyclic) bond motifs is 1. The maximum atomic E-state index is 12.3. The average Bonchev–Trinajstić information content (AvgIpc) is 3.12. The number of hydrogen-bond donors (Lipinski definition) is 0. The molecule has 1 amide bonds.